The molecular formula is C31H29F4N5O4. The Morgan fingerprint density at radius 1 is 1.16 bits per heavy atom. The number of benzene rings is 2. The number of rotatable bonds is 10. The van der Waals surface area contributed by atoms with Crippen molar-refractivity contribution in [1.29, 1.82) is 5.26 Å². The molecule has 9 nitrogen and oxygen atoms in total. The fourth-order valence-electron chi connectivity index (χ4n) is 4.83. The van der Waals surface area contributed by atoms with Gasteiger partial charge in [-0.1, -0.05) is 29.4 Å². The molecule has 2 aromatic carbocycles. The van der Waals surface area contributed by atoms with Crippen LogP contribution in [0.15, 0.2) is 65.2 Å². The van der Waals surface area contributed by atoms with E-state index in [-0.39, 0.29) is 35.6 Å². The summed E-state index contributed by atoms with van der Waals surface area (Å²) < 4.78 is 57.7. The van der Waals surface area contributed by atoms with Crippen LogP contribution in [0.25, 0.3) is 5.57 Å². The number of halogens is 4. The molecule has 2 heterocycles. The number of alkyl halides is 3. The Morgan fingerprint density at radius 3 is 2.45 bits per heavy atom. The highest BCUT2D eigenvalue weighted by molar-refractivity contribution is 5.96. The van der Waals surface area contributed by atoms with Crippen LogP contribution >= 0.6 is 0 Å². The molecule has 13 heteroatoms. The summed E-state index contributed by atoms with van der Waals surface area (Å²) in [5, 5.41) is 21.7. The van der Waals surface area contributed by atoms with Crippen molar-refractivity contribution in [2.45, 2.75) is 50.9 Å². The van der Waals surface area contributed by atoms with E-state index in [9.17, 15) is 37.2 Å². The first-order valence-corrected chi connectivity index (χ1v) is 13.8. The van der Waals surface area contributed by atoms with Gasteiger partial charge in [0.25, 0.3) is 5.91 Å². The zero-order chi connectivity index (χ0) is 31.9. The molecule has 1 saturated heterocycles. The number of nitriles is 1. The van der Waals surface area contributed by atoms with E-state index in [4.69, 9.17) is 4.52 Å². The van der Waals surface area contributed by atoms with Crippen molar-refractivity contribution in [3.8, 4) is 6.07 Å². The lowest BCUT2D eigenvalue weighted by Crippen LogP contribution is -2.51. The van der Waals surface area contributed by atoms with Gasteiger partial charge in [0.15, 0.2) is 5.69 Å². The molecule has 1 fully saturated rings. The van der Waals surface area contributed by atoms with E-state index in [1.807, 2.05) is 6.07 Å². The first kappa shape index (κ1) is 31.9. The van der Waals surface area contributed by atoms with Crippen LogP contribution in [-0.2, 0) is 22.2 Å². The number of amides is 3. The van der Waals surface area contributed by atoms with Crippen LogP contribution in [-0.4, -0.2) is 41.5 Å². The van der Waals surface area contributed by atoms with Gasteiger partial charge in [-0.25, -0.2) is 4.39 Å². The van der Waals surface area contributed by atoms with Crippen LogP contribution in [0.1, 0.15) is 52.2 Å². The van der Waals surface area contributed by atoms with Gasteiger partial charge in [-0.2, -0.15) is 18.4 Å². The predicted molar refractivity (Wildman–Crippen MR) is 150 cm³/mol. The number of aromatic nitrogens is 1. The summed E-state index contributed by atoms with van der Waals surface area (Å²) in [6, 6.07) is 10.6. The largest absolute Gasteiger partial charge is 0.416 e. The summed E-state index contributed by atoms with van der Waals surface area (Å²) in [6.45, 7) is 2.10. The molecule has 0 unspecified atom stereocenters. The van der Waals surface area contributed by atoms with Crippen molar-refractivity contribution in [3.05, 3.63) is 94.6 Å². The third kappa shape index (κ3) is 8.53. The molecule has 3 amide bonds. The van der Waals surface area contributed by atoms with Crippen LogP contribution in [0.4, 0.5) is 17.6 Å². The maximum Gasteiger partial charge on any atom is 0.416 e. The molecule has 1 aliphatic heterocycles. The molecule has 1 aromatic heterocycles. The van der Waals surface area contributed by atoms with Crippen molar-refractivity contribution in [2.24, 2.45) is 5.92 Å². The van der Waals surface area contributed by atoms with Crippen LogP contribution in [0, 0.1) is 30.0 Å². The van der Waals surface area contributed by atoms with Crippen molar-refractivity contribution in [2.75, 3.05) is 6.54 Å². The van der Waals surface area contributed by atoms with Gasteiger partial charge in [0.2, 0.25) is 11.8 Å². The number of piperidine rings is 1. The van der Waals surface area contributed by atoms with Crippen LogP contribution in [0.3, 0.4) is 0 Å². The van der Waals surface area contributed by atoms with E-state index in [2.05, 4.69) is 21.1 Å². The summed E-state index contributed by atoms with van der Waals surface area (Å²) in [6.07, 6.45) is -1.91. The zero-order valence-electron chi connectivity index (χ0n) is 23.6. The lowest BCUT2D eigenvalue weighted by atomic mass is 9.90. The standard InChI is InChI=1S/C31H29F4N5O4/c1-18-13-27(40-44-18)30(43)39-26(14-19-4-10-24(32)11-5-19)29(42)38-25(15-21-3-2-12-37-28(21)41)16-22(17-36)20-6-8-23(9-7-20)31(33,34)35/h4-11,13,16,21,25-26H,2-3,12,14-15H2,1H3,(H,37,41)(H,38,42)(H,39,43)/b22-16+/t21-,25-,26-/m0/s1. The van der Waals surface area contributed by atoms with Gasteiger partial charge in [0, 0.05) is 31.0 Å². The van der Waals surface area contributed by atoms with Gasteiger partial charge in [0.05, 0.1) is 17.2 Å². The van der Waals surface area contributed by atoms with Crippen LogP contribution in [0.2, 0.25) is 0 Å². The summed E-state index contributed by atoms with van der Waals surface area (Å²) in [5.41, 5.74) is -0.250. The van der Waals surface area contributed by atoms with Crippen molar-refractivity contribution in [3.63, 3.8) is 0 Å². The summed E-state index contributed by atoms with van der Waals surface area (Å²) in [7, 11) is 0. The monoisotopic (exact) mass is 611 g/mol. The molecule has 3 aromatic rings. The first-order chi connectivity index (χ1) is 20.9. The number of nitrogens with zero attached hydrogens (tertiary/aromatic N) is 2. The van der Waals surface area contributed by atoms with E-state index < -0.39 is 47.4 Å². The number of hydrogen-bond donors (Lipinski definition) is 3. The number of aryl methyl sites for hydroxylation is 1. The maximum atomic E-state index is 13.7. The van der Waals surface area contributed by atoms with Gasteiger partial charge in [0.1, 0.15) is 17.6 Å². The molecule has 0 bridgehead atoms. The maximum absolute atomic E-state index is 13.7. The minimum Gasteiger partial charge on any atom is -0.361 e. The molecule has 4 rings (SSSR count). The van der Waals surface area contributed by atoms with E-state index in [0.717, 1.165) is 24.3 Å². The Bertz CT molecular complexity index is 1560. The highest BCUT2D eigenvalue weighted by Crippen LogP contribution is 2.30. The summed E-state index contributed by atoms with van der Waals surface area (Å²) >= 11 is 0. The molecule has 44 heavy (non-hydrogen) atoms. The Labute approximate surface area is 250 Å². The Hall–Kier alpha value is -4.99. The second-order valence-electron chi connectivity index (χ2n) is 10.4. The lowest BCUT2D eigenvalue weighted by molar-refractivity contribution is -0.137. The molecule has 0 radical (unpaired) electrons. The van der Waals surface area contributed by atoms with Crippen molar-refractivity contribution < 1.29 is 36.5 Å². The average Bonchev–Trinajstić information content (AvgIpc) is 3.43. The first-order valence-electron chi connectivity index (χ1n) is 13.8. The molecular weight excluding hydrogens is 582 g/mol. The Balaban J connectivity index is 1.63. The van der Waals surface area contributed by atoms with E-state index in [0.29, 0.717) is 30.7 Å². The van der Waals surface area contributed by atoms with Gasteiger partial charge in [-0.3, -0.25) is 14.4 Å². The average molecular weight is 612 g/mol. The molecule has 3 atom stereocenters. The number of carbonyl (C=O) groups is 3. The zero-order valence-corrected chi connectivity index (χ0v) is 23.6. The SMILES string of the molecule is Cc1cc(C(=O)N[C@@H](Cc2ccc(F)cc2)C(=O)N[C@H](/C=C(\C#N)c2ccc(C(F)(F)F)cc2)C[C@@H]2CCCNC2=O)no1. The second kappa shape index (κ2) is 14.0. The van der Waals surface area contributed by atoms with Gasteiger partial charge < -0.3 is 20.5 Å². The molecule has 3 N–H and O–H groups in total. The normalized spacial score (nSPS) is 16.8. The number of carbonyl (C=O) groups excluding carboxylic acids is 3. The second-order valence-corrected chi connectivity index (χ2v) is 10.4. The summed E-state index contributed by atoms with van der Waals surface area (Å²) in [4.78, 5) is 39.2. The van der Waals surface area contributed by atoms with E-state index in [1.54, 1.807) is 6.92 Å². The minimum absolute atomic E-state index is 0.0163. The van der Waals surface area contributed by atoms with Crippen molar-refractivity contribution >= 4 is 23.3 Å². The molecule has 0 saturated carbocycles. The predicted octanol–water partition coefficient (Wildman–Crippen LogP) is 4.49. The quantitative estimate of drug-likeness (QED) is 0.228. The van der Waals surface area contributed by atoms with Gasteiger partial charge in [-0.05, 0) is 67.7 Å². The fraction of sp³-hybridized carbons (Fsp3) is 0.323. The smallest absolute Gasteiger partial charge is 0.361 e. The Morgan fingerprint density at radius 2 is 1.86 bits per heavy atom. The number of allylic oxidation sites excluding steroid dienone is 1. The van der Waals surface area contributed by atoms with E-state index in [1.165, 1.54) is 36.4 Å². The van der Waals surface area contributed by atoms with Gasteiger partial charge >= 0.3 is 6.18 Å². The lowest BCUT2D eigenvalue weighted by Gasteiger charge is -2.27. The topological polar surface area (TPSA) is 137 Å². The number of hydrogen-bond acceptors (Lipinski definition) is 6. The fourth-order valence-corrected chi connectivity index (χ4v) is 4.83. The highest BCUT2D eigenvalue weighted by atomic mass is 19.4. The van der Waals surface area contributed by atoms with Crippen LogP contribution < -0.4 is 16.0 Å². The molecule has 1 aliphatic rings. The van der Waals surface area contributed by atoms with Crippen LogP contribution in [0.5, 0.6) is 0 Å². The van der Waals surface area contributed by atoms with E-state index >= 15 is 0 Å². The van der Waals surface area contributed by atoms with Gasteiger partial charge in [-0.15, -0.1) is 0 Å². The Kier molecular flexibility index (Phi) is 10.2. The minimum atomic E-state index is -4.56. The molecule has 0 spiro atoms. The third-order valence-corrected chi connectivity index (χ3v) is 7.11. The molecule has 0 aliphatic carbocycles. The highest BCUT2D eigenvalue weighted by Gasteiger charge is 2.31. The third-order valence-electron chi connectivity index (χ3n) is 7.11. The summed E-state index contributed by atoms with van der Waals surface area (Å²) in [5.74, 6) is -2.23. The van der Waals surface area contributed by atoms with Crippen molar-refractivity contribution in [1.82, 2.24) is 21.1 Å². The molecule has 230 valence electrons. The number of nitrogens with one attached hydrogen (secondary N) is 3.